The zero-order valence-electron chi connectivity index (χ0n) is 18.8. The van der Waals surface area contributed by atoms with Gasteiger partial charge in [-0.3, -0.25) is 9.48 Å². The Morgan fingerprint density at radius 3 is 2.73 bits per heavy atom. The lowest BCUT2D eigenvalue weighted by molar-refractivity contribution is -0.136. The molecular weight excluding hydrogens is 493 g/mol. The van der Waals surface area contributed by atoms with E-state index in [0.29, 0.717) is 11.0 Å². The lowest BCUT2D eigenvalue weighted by Crippen LogP contribution is -2.14. The number of carbonyl (C=O) groups is 1. The van der Waals surface area contributed by atoms with Crippen LogP contribution in [0.5, 0.6) is 0 Å². The molecule has 186 valence electrons. The number of hydrogen-bond donors (Lipinski definition) is 2. The average Bonchev–Trinajstić information content (AvgIpc) is 3.49. The fourth-order valence-corrected chi connectivity index (χ4v) is 4.13. The van der Waals surface area contributed by atoms with E-state index in [9.17, 15) is 26.7 Å². The van der Waals surface area contributed by atoms with Gasteiger partial charge in [0.25, 0.3) is 5.91 Å². The Bertz CT molecular complexity index is 1720. The van der Waals surface area contributed by atoms with Gasteiger partial charge in [0.15, 0.2) is 0 Å². The maximum Gasteiger partial charge on any atom is 0.418 e. The third-order valence-electron chi connectivity index (χ3n) is 5.86. The predicted octanol–water partition coefficient (Wildman–Crippen LogP) is 5.34. The predicted molar refractivity (Wildman–Crippen MR) is 125 cm³/mol. The molecule has 11 heteroatoms. The highest BCUT2D eigenvalue weighted by Crippen LogP contribution is 2.35. The Morgan fingerprint density at radius 2 is 1.97 bits per heavy atom. The third kappa shape index (κ3) is 4.49. The zero-order chi connectivity index (χ0) is 26.3. The van der Waals surface area contributed by atoms with E-state index in [1.807, 2.05) is 0 Å². The molecule has 2 aromatic carbocycles. The summed E-state index contributed by atoms with van der Waals surface area (Å²) in [6.45, 7) is 0. The van der Waals surface area contributed by atoms with Gasteiger partial charge in [-0.1, -0.05) is 24.0 Å². The minimum Gasteiger partial charge on any atom is -0.366 e. The SMILES string of the molecule is NC(=O)c1cnc2[nH]ccc2c1C#CCC(c1cc(F)ccc1F)n1cc2cccc(C(F)(F)F)c2n1. The van der Waals surface area contributed by atoms with Gasteiger partial charge in [0.05, 0.1) is 17.2 Å². The average molecular weight is 509 g/mol. The first-order chi connectivity index (χ1) is 17.6. The number of aromatic amines is 1. The van der Waals surface area contributed by atoms with Gasteiger partial charge in [0.2, 0.25) is 0 Å². The number of nitrogens with one attached hydrogen (secondary N) is 1. The second-order valence-corrected chi connectivity index (χ2v) is 8.19. The number of nitrogens with two attached hydrogens (primary N) is 1. The monoisotopic (exact) mass is 509 g/mol. The Hall–Kier alpha value is -4.72. The number of amides is 1. The number of nitrogens with zero attached hydrogens (tertiary/aromatic N) is 3. The van der Waals surface area contributed by atoms with Crippen LogP contribution in [0.25, 0.3) is 21.9 Å². The summed E-state index contributed by atoms with van der Waals surface area (Å²) in [5, 5.41) is 4.79. The number of carbonyl (C=O) groups excluding carboxylic acids is 1. The van der Waals surface area contributed by atoms with Gasteiger partial charge in [-0.25, -0.2) is 13.8 Å². The molecule has 1 unspecified atom stereocenters. The molecular formula is C26H16F5N5O. The maximum atomic E-state index is 14.8. The number of primary amides is 1. The van der Waals surface area contributed by atoms with Gasteiger partial charge in [-0.05, 0) is 30.3 Å². The van der Waals surface area contributed by atoms with Crippen LogP contribution in [0.15, 0.2) is 61.1 Å². The number of alkyl halides is 3. The van der Waals surface area contributed by atoms with Crippen molar-refractivity contribution in [2.24, 2.45) is 5.73 Å². The third-order valence-corrected chi connectivity index (χ3v) is 5.86. The fraction of sp³-hybridized carbons (Fsp3) is 0.115. The lowest BCUT2D eigenvalue weighted by atomic mass is 10.0. The Balaban J connectivity index is 1.64. The summed E-state index contributed by atoms with van der Waals surface area (Å²) in [5.74, 6) is 3.42. The zero-order valence-corrected chi connectivity index (χ0v) is 18.8. The summed E-state index contributed by atoms with van der Waals surface area (Å²) in [6.07, 6.45) is -0.637. The van der Waals surface area contributed by atoms with Gasteiger partial charge < -0.3 is 10.7 Å². The van der Waals surface area contributed by atoms with Crippen molar-refractivity contribution in [3.05, 3.63) is 94.9 Å². The van der Waals surface area contributed by atoms with Crippen LogP contribution >= 0.6 is 0 Å². The Kier molecular flexibility index (Phi) is 5.87. The second kappa shape index (κ2) is 9.05. The van der Waals surface area contributed by atoms with E-state index in [4.69, 9.17) is 5.73 Å². The standard InChI is InChI=1S/C26H16F5N5O/c27-15-7-8-21(28)18(11-15)22(36-13-14-3-1-5-20(23(14)35-36)26(29,30)31)6-2-4-16-17-9-10-33-25(17)34-12-19(16)24(32)37/h1,3,5,7-13,22H,6H2,(H2,32,37)(H,33,34). The molecule has 0 fully saturated rings. The minimum absolute atomic E-state index is 0.0627. The number of halogens is 5. The van der Waals surface area contributed by atoms with Crippen LogP contribution in [0.3, 0.4) is 0 Å². The van der Waals surface area contributed by atoms with Crippen molar-refractivity contribution in [2.75, 3.05) is 0 Å². The second-order valence-electron chi connectivity index (χ2n) is 8.19. The Labute approximate surface area is 205 Å². The molecule has 0 radical (unpaired) electrons. The molecule has 37 heavy (non-hydrogen) atoms. The van der Waals surface area contributed by atoms with E-state index >= 15 is 0 Å². The van der Waals surface area contributed by atoms with Crippen LogP contribution in [-0.2, 0) is 6.18 Å². The number of H-pyrrole nitrogens is 1. The summed E-state index contributed by atoms with van der Waals surface area (Å²) >= 11 is 0. The first-order valence-electron chi connectivity index (χ1n) is 10.9. The van der Waals surface area contributed by atoms with Crippen molar-refractivity contribution >= 4 is 27.8 Å². The van der Waals surface area contributed by atoms with Gasteiger partial charge >= 0.3 is 6.18 Å². The van der Waals surface area contributed by atoms with Gasteiger partial charge in [-0.2, -0.15) is 18.3 Å². The molecule has 0 aliphatic rings. The summed E-state index contributed by atoms with van der Waals surface area (Å²) < 4.78 is 70.6. The van der Waals surface area contributed by atoms with E-state index in [0.717, 1.165) is 28.9 Å². The van der Waals surface area contributed by atoms with Gasteiger partial charge in [0, 0.05) is 46.9 Å². The molecule has 0 spiro atoms. The molecule has 0 aliphatic heterocycles. The lowest BCUT2D eigenvalue weighted by Gasteiger charge is -2.16. The molecule has 3 N–H and O–H groups in total. The summed E-state index contributed by atoms with van der Waals surface area (Å²) in [7, 11) is 0. The highest BCUT2D eigenvalue weighted by molar-refractivity contribution is 6.00. The smallest absolute Gasteiger partial charge is 0.366 e. The van der Waals surface area contributed by atoms with Crippen LogP contribution in [0, 0.1) is 23.5 Å². The Morgan fingerprint density at radius 1 is 1.16 bits per heavy atom. The molecule has 5 aromatic rings. The van der Waals surface area contributed by atoms with E-state index in [2.05, 4.69) is 26.9 Å². The van der Waals surface area contributed by atoms with E-state index in [1.54, 1.807) is 12.3 Å². The van der Waals surface area contributed by atoms with Crippen LogP contribution in [0.4, 0.5) is 22.0 Å². The summed E-state index contributed by atoms with van der Waals surface area (Å²) in [6, 6.07) is 6.95. The van der Waals surface area contributed by atoms with Crippen LogP contribution < -0.4 is 5.73 Å². The molecule has 0 aliphatic carbocycles. The van der Waals surface area contributed by atoms with Gasteiger partial charge in [-0.15, -0.1) is 0 Å². The van der Waals surface area contributed by atoms with E-state index in [-0.39, 0.29) is 34.0 Å². The number of aromatic nitrogens is 4. The van der Waals surface area contributed by atoms with Crippen molar-refractivity contribution in [3.63, 3.8) is 0 Å². The number of benzene rings is 2. The molecule has 1 atom stereocenters. The summed E-state index contributed by atoms with van der Waals surface area (Å²) in [4.78, 5) is 18.9. The largest absolute Gasteiger partial charge is 0.418 e. The topological polar surface area (TPSA) is 89.6 Å². The van der Waals surface area contributed by atoms with Crippen molar-refractivity contribution < 1.29 is 26.7 Å². The molecule has 1 amide bonds. The van der Waals surface area contributed by atoms with Gasteiger partial charge in [0.1, 0.15) is 22.8 Å². The van der Waals surface area contributed by atoms with E-state index in [1.165, 1.54) is 24.5 Å². The summed E-state index contributed by atoms with van der Waals surface area (Å²) in [5.41, 5.74) is 4.84. The molecule has 3 heterocycles. The molecule has 0 saturated carbocycles. The molecule has 0 bridgehead atoms. The normalized spacial score (nSPS) is 12.5. The van der Waals surface area contributed by atoms with E-state index < -0.39 is 35.3 Å². The van der Waals surface area contributed by atoms with Crippen molar-refractivity contribution in [2.45, 2.75) is 18.6 Å². The van der Waals surface area contributed by atoms with Crippen LogP contribution in [0.1, 0.15) is 39.5 Å². The minimum atomic E-state index is -4.66. The molecule has 3 aromatic heterocycles. The quantitative estimate of drug-likeness (QED) is 0.253. The highest BCUT2D eigenvalue weighted by Gasteiger charge is 2.34. The molecule has 6 nitrogen and oxygen atoms in total. The molecule has 5 rings (SSSR count). The number of hydrogen-bond acceptors (Lipinski definition) is 3. The molecule has 0 saturated heterocycles. The fourth-order valence-electron chi connectivity index (χ4n) is 4.13. The number of fused-ring (bicyclic) bond motifs is 2. The first-order valence-corrected chi connectivity index (χ1v) is 10.9. The number of pyridine rings is 1. The van der Waals surface area contributed by atoms with Crippen LogP contribution in [-0.4, -0.2) is 25.7 Å². The number of rotatable bonds is 4. The highest BCUT2D eigenvalue weighted by atomic mass is 19.4. The maximum absolute atomic E-state index is 14.8. The van der Waals surface area contributed by atoms with Crippen LogP contribution in [0.2, 0.25) is 0 Å². The van der Waals surface area contributed by atoms with Crippen molar-refractivity contribution in [1.29, 1.82) is 0 Å². The van der Waals surface area contributed by atoms with Crippen molar-refractivity contribution in [3.8, 4) is 11.8 Å². The first kappa shape index (κ1) is 24.0. The van der Waals surface area contributed by atoms with Crippen molar-refractivity contribution in [1.82, 2.24) is 19.7 Å².